The second-order valence-electron chi connectivity index (χ2n) is 6.43. The van der Waals surface area contributed by atoms with E-state index in [0.717, 1.165) is 12.8 Å². The molecule has 1 atom stereocenters. The van der Waals surface area contributed by atoms with Crippen molar-refractivity contribution >= 4 is 35.0 Å². The van der Waals surface area contributed by atoms with Crippen LogP contribution in [0.4, 0.5) is 10.5 Å². The van der Waals surface area contributed by atoms with Gasteiger partial charge in [0, 0.05) is 30.4 Å². The first-order valence-corrected chi connectivity index (χ1v) is 8.77. The molecule has 0 radical (unpaired) electrons. The van der Waals surface area contributed by atoms with Crippen LogP contribution in [0.15, 0.2) is 24.3 Å². The molecule has 0 spiro atoms. The van der Waals surface area contributed by atoms with Gasteiger partial charge in [0.05, 0.1) is 6.04 Å². The van der Waals surface area contributed by atoms with E-state index >= 15 is 0 Å². The third-order valence-corrected chi connectivity index (χ3v) is 4.76. The number of nitrogens with one attached hydrogen (secondary N) is 1. The van der Waals surface area contributed by atoms with Gasteiger partial charge < -0.3 is 20.7 Å². The summed E-state index contributed by atoms with van der Waals surface area (Å²) in [7, 11) is 0. The molecule has 3 N–H and O–H groups in total. The average Bonchev–Trinajstić information content (AvgIpc) is 2.93. The number of rotatable bonds is 3. The molecule has 0 aliphatic carbocycles. The van der Waals surface area contributed by atoms with Gasteiger partial charge in [-0.25, -0.2) is 4.79 Å². The molecule has 2 aliphatic rings. The Kier molecular flexibility index (Phi) is 5.08. The molecule has 3 rings (SSSR count). The zero-order valence-electron chi connectivity index (χ0n) is 14.1. The molecule has 8 heteroatoms. The minimum Gasteiger partial charge on any atom is -0.447 e. The van der Waals surface area contributed by atoms with Gasteiger partial charge in [0.2, 0.25) is 0 Å². The van der Waals surface area contributed by atoms with Crippen LogP contribution in [0.2, 0.25) is 0 Å². The smallest absolute Gasteiger partial charge is 0.410 e. The number of carbonyl (C=O) groups is 2. The van der Waals surface area contributed by atoms with E-state index in [2.05, 4.69) is 5.32 Å². The Morgan fingerprint density at radius 3 is 2.68 bits per heavy atom. The first kappa shape index (κ1) is 17.5. The second-order valence-corrected chi connectivity index (χ2v) is 6.87. The van der Waals surface area contributed by atoms with Crippen LogP contribution in [0, 0.1) is 0 Å². The lowest BCUT2D eigenvalue weighted by molar-refractivity contribution is 0.0641. The highest BCUT2D eigenvalue weighted by atomic mass is 32.1. The molecule has 1 aromatic carbocycles. The first-order valence-electron chi connectivity index (χ1n) is 8.36. The van der Waals surface area contributed by atoms with Crippen LogP contribution in [0.1, 0.15) is 30.1 Å². The van der Waals surface area contributed by atoms with Crippen molar-refractivity contribution in [3.63, 3.8) is 0 Å². The summed E-state index contributed by atoms with van der Waals surface area (Å²) in [5.74, 6) is -0.0258. The summed E-state index contributed by atoms with van der Waals surface area (Å²) in [4.78, 5) is 28.2. The van der Waals surface area contributed by atoms with Crippen molar-refractivity contribution in [1.82, 2.24) is 9.80 Å². The van der Waals surface area contributed by atoms with Crippen molar-refractivity contribution in [3.8, 4) is 0 Å². The van der Waals surface area contributed by atoms with Crippen LogP contribution in [-0.2, 0) is 4.74 Å². The highest BCUT2D eigenvalue weighted by Gasteiger charge is 2.37. The predicted octanol–water partition coefficient (Wildman–Crippen LogP) is 1.79. The lowest BCUT2D eigenvalue weighted by atomic mass is 10.0. The van der Waals surface area contributed by atoms with Gasteiger partial charge in [0.1, 0.15) is 6.61 Å². The fourth-order valence-electron chi connectivity index (χ4n) is 3.44. The van der Waals surface area contributed by atoms with E-state index in [9.17, 15) is 9.59 Å². The van der Waals surface area contributed by atoms with Gasteiger partial charge in [-0.3, -0.25) is 9.69 Å². The Morgan fingerprint density at radius 2 is 2.08 bits per heavy atom. The summed E-state index contributed by atoms with van der Waals surface area (Å²) in [6.45, 7) is 3.67. The highest BCUT2D eigenvalue weighted by molar-refractivity contribution is 7.80. The molecule has 2 heterocycles. The van der Waals surface area contributed by atoms with E-state index in [-0.39, 0.29) is 29.2 Å². The number of amides is 2. The monoisotopic (exact) mass is 362 g/mol. The zero-order valence-corrected chi connectivity index (χ0v) is 14.9. The quantitative estimate of drug-likeness (QED) is 0.797. The molecule has 1 unspecified atom stereocenters. The number of nitrogens with two attached hydrogens (primary N) is 1. The molecule has 0 bridgehead atoms. The Bertz CT molecular complexity index is 688. The van der Waals surface area contributed by atoms with Crippen LogP contribution in [0.5, 0.6) is 0 Å². The third kappa shape index (κ3) is 3.84. The number of thiocarbonyl (C=S) groups is 1. The first-order chi connectivity index (χ1) is 12.0. The van der Waals surface area contributed by atoms with Gasteiger partial charge in [-0.2, -0.15) is 0 Å². The molecule has 2 saturated heterocycles. The van der Waals surface area contributed by atoms with Gasteiger partial charge in [0.15, 0.2) is 5.11 Å². The maximum absolute atomic E-state index is 12.7. The molecule has 0 saturated carbocycles. The fraction of sp³-hybridized carbons (Fsp3) is 0.471. The van der Waals surface area contributed by atoms with Gasteiger partial charge in [0.25, 0.3) is 5.91 Å². The lowest BCUT2D eigenvalue weighted by Crippen LogP contribution is -2.49. The number of hydrogen-bond acceptors (Lipinski definition) is 4. The minimum absolute atomic E-state index is 0.0258. The maximum Gasteiger partial charge on any atom is 0.410 e. The summed E-state index contributed by atoms with van der Waals surface area (Å²) in [6.07, 6.45) is 1.28. The molecule has 0 aromatic heterocycles. The van der Waals surface area contributed by atoms with Crippen LogP contribution in [0.25, 0.3) is 0 Å². The SMILES string of the molecule is CC1COC(=O)N1C1CCN(C(=O)c2cccc(NC(N)=S)c2)CC1. The Labute approximate surface area is 152 Å². The largest absolute Gasteiger partial charge is 0.447 e. The number of ether oxygens (including phenoxy) is 1. The topological polar surface area (TPSA) is 87.9 Å². The molecule has 7 nitrogen and oxygen atoms in total. The van der Waals surface area contributed by atoms with E-state index in [1.54, 1.807) is 18.2 Å². The standard InChI is InChI=1S/C17H22N4O3S/c1-11-10-24-17(23)21(11)14-5-7-20(8-6-14)15(22)12-3-2-4-13(9-12)19-16(18)25/h2-4,9,11,14H,5-8,10H2,1H3,(H3,18,19,25). The predicted molar refractivity (Wildman–Crippen MR) is 98.4 cm³/mol. The molecule has 2 fully saturated rings. The number of carbonyl (C=O) groups excluding carboxylic acids is 2. The van der Waals surface area contributed by atoms with Crippen molar-refractivity contribution in [2.75, 3.05) is 25.0 Å². The van der Waals surface area contributed by atoms with Gasteiger partial charge in [-0.15, -0.1) is 0 Å². The number of anilines is 1. The van der Waals surface area contributed by atoms with E-state index in [1.165, 1.54) is 0 Å². The number of likely N-dealkylation sites (tertiary alicyclic amines) is 1. The number of benzene rings is 1. The van der Waals surface area contributed by atoms with E-state index < -0.39 is 0 Å². The summed E-state index contributed by atoms with van der Waals surface area (Å²) in [5, 5.41) is 3.00. The van der Waals surface area contributed by atoms with Crippen LogP contribution in [-0.4, -0.2) is 58.7 Å². The molecule has 2 aliphatic heterocycles. The molecular formula is C17H22N4O3S. The average molecular weight is 362 g/mol. The Hall–Kier alpha value is -2.35. The molecule has 134 valence electrons. The van der Waals surface area contributed by atoms with Crippen molar-refractivity contribution in [2.24, 2.45) is 5.73 Å². The van der Waals surface area contributed by atoms with Crippen molar-refractivity contribution in [2.45, 2.75) is 31.8 Å². The number of hydrogen-bond donors (Lipinski definition) is 2. The molecule has 1 aromatic rings. The second kappa shape index (κ2) is 7.26. The van der Waals surface area contributed by atoms with Crippen LogP contribution >= 0.6 is 12.2 Å². The number of nitrogens with zero attached hydrogens (tertiary/aromatic N) is 2. The summed E-state index contributed by atoms with van der Waals surface area (Å²) >= 11 is 4.82. The summed E-state index contributed by atoms with van der Waals surface area (Å²) in [5.41, 5.74) is 6.76. The summed E-state index contributed by atoms with van der Waals surface area (Å²) < 4.78 is 5.10. The Balaban J connectivity index is 1.62. The van der Waals surface area contributed by atoms with E-state index in [0.29, 0.717) is 30.9 Å². The van der Waals surface area contributed by atoms with Crippen LogP contribution in [0.3, 0.4) is 0 Å². The van der Waals surface area contributed by atoms with Gasteiger partial charge in [-0.1, -0.05) is 6.07 Å². The van der Waals surface area contributed by atoms with Gasteiger partial charge in [-0.05, 0) is 50.2 Å². The van der Waals surface area contributed by atoms with Crippen molar-refractivity contribution in [3.05, 3.63) is 29.8 Å². The highest BCUT2D eigenvalue weighted by Crippen LogP contribution is 2.24. The lowest BCUT2D eigenvalue weighted by Gasteiger charge is -2.37. The summed E-state index contributed by atoms with van der Waals surface area (Å²) in [6, 6.07) is 7.36. The number of cyclic esters (lactones) is 1. The molecule has 25 heavy (non-hydrogen) atoms. The van der Waals surface area contributed by atoms with Gasteiger partial charge >= 0.3 is 6.09 Å². The van der Waals surface area contributed by atoms with E-state index in [1.807, 2.05) is 22.8 Å². The van der Waals surface area contributed by atoms with Crippen molar-refractivity contribution in [1.29, 1.82) is 0 Å². The van der Waals surface area contributed by atoms with Crippen molar-refractivity contribution < 1.29 is 14.3 Å². The normalized spacial score (nSPS) is 21.2. The maximum atomic E-state index is 12.7. The third-order valence-electron chi connectivity index (χ3n) is 4.66. The van der Waals surface area contributed by atoms with Crippen LogP contribution < -0.4 is 11.1 Å². The van der Waals surface area contributed by atoms with E-state index in [4.69, 9.17) is 22.7 Å². The molecular weight excluding hydrogens is 340 g/mol. The fourth-order valence-corrected chi connectivity index (χ4v) is 3.56. The molecule has 2 amide bonds. The minimum atomic E-state index is -0.242. The zero-order chi connectivity index (χ0) is 18.0. The number of piperidine rings is 1. The Morgan fingerprint density at radius 1 is 1.36 bits per heavy atom.